The van der Waals surface area contributed by atoms with Gasteiger partial charge in [0.1, 0.15) is 12.6 Å². The monoisotopic (exact) mass is 471 g/mol. The minimum Gasteiger partial charge on any atom is -0.445 e. The first kappa shape index (κ1) is 26.4. The fraction of sp³-hybridized carbons (Fsp3) is 0.400. The molecule has 0 heterocycles. The molecule has 2 amide bonds. The molecular weight excluding hydrogens is 438 g/mol. The van der Waals surface area contributed by atoms with E-state index < -0.39 is 24.1 Å². The van der Waals surface area contributed by atoms with Crippen molar-refractivity contribution in [1.82, 2.24) is 16.0 Å². The van der Waals surface area contributed by atoms with E-state index in [1.807, 2.05) is 67.7 Å². The molecule has 8 heteroatoms. The molecule has 0 aromatic heterocycles. The van der Waals surface area contributed by atoms with Crippen molar-refractivity contribution in [2.45, 2.75) is 44.4 Å². The lowest BCUT2D eigenvalue weighted by Crippen LogP contribution is -2.52. The van der Waals surface area contributed by atoms with Gasteiger partial charge in [-0.05, 0) is 50.2 Å². The Morgan fingerprint density at radius 2 is 1.52 bits per heavy atom. The van der Waals surface area contributed by atoms with Crippen molar-refractivity contribution in [3.8, 4) is 0 Å². The fourth-order valence-electron chi connectivity index (χ4n) is 3.28. The smallest absolute Gasteiger partial charge is 0.408 e. The lowest BCUT2D eigenvalue weighted by molar-refractivity contribution is -0.126. The van der Waals surface area contributed by atoms with Crippen LogP contribution >= 0.6 is 11.8 Å². The van der Waals surface area contributed by atoms with E-state index >= 15 is 0 Å². The van der Waals surface area contributed by atoms with Crippen molar-refractivity contribution in [1.29, 1.82) is 0 Å². The van der Waals surface area contributed by atoms with Crippen LogP contribution in [-0.2, 0) is 27.4 Å². The van der Waals surface area contributed by atoms with Crippen molar-refractivity contribution in [3.05, 3.63) is 71.8 Å². The maximum Gasteiger partial charge on any atom is 0.408 e. The summed E-state index contributed by atoms with van der Waals surface area (Å²) in [5, 5.41) is 8.50. The number of benzene rings is 2. The first-order chi connectivity index (χ1) is 16.0. The molecule has 0 aliphatic heterocycles. The van der Waals surface area contributed by atoms with Crippen molar-refractivity contribution in [2.75, 3.05) is 19.8 Å². The van der Waals surface area contributed by atoms with Gasteiger partial charge in [0.2, 0.25) is 11.0 Å². The van der Waals surface area contributed by atoms with Crippen molar-refractivity contribution >= 4 is 28.9 Å². The van der Waals surface area contributed by atoms with E-state index in [0.29, 0.717) is 6.42 Å². The molecule has 2 aromatic carbocycles. The van der Waals surface area contributed by atoms with Crippen LogP contribution < -0.4 is 16.0 Å². The zero-order chi connectivity index (χ0) is 23.9. The van der Waals surface area contributed by atoms with Crippen LogP contribution in [0.15, 0.2) is 60.7 Å². The van der Waals surface area contributed by atoms with Gasteiger partial charge in [-0.1, -0.05) is 72.4 Å². The molecule has 2 atom stereocenters. The van der Waals surface area contributed by atoms with Crippen molar-refractivity contribution in [2.24, 2.45) is 0 Å². The Kier molecular flexibility index (Phi) is 12.1. The Bertz CT molecular complexity index is 864. The summed E-state index contributed by atoms with van der Waals surface area (Å²) in [5.41, 5.74) is 1.74. The summed E-state index contributed by atoms with van der Waals surface area (Å²) in [5.74, 6) is -0.406. The van der Waals surface area contributed by atoms with Gasteiger partial charge in [0.25, 0.3) is 0 Å². The van der Waals surface area contributed by atoms with Gasteiger partial charge < -0.3 is 20.7 Å². The van der Waals surface area contributed by atoms with Crippen molar-refractivity contribution < 1.29 is 19.1 Å². The van der Waals surface area contributed by atoms with E-state index in [0.717, 1.165) is 42.3 Å². The minimum absolute atomic E-state index is 0.0991. The summed E-state index contributed by atoms with van der Waals surface area (Å²) in [6.45, 7) is 0.949. The highest BCUT2D eigenvalue weighted by Gasteiger charge is 2.27. The first-order valence-corrected chi connectivity index (χ1v) is 12.3. The van der Waals surface area contributed by atoms with E-state index in [1.54, 1.807) is 6.26 Å². The van der Waals surface area contributed by atoms with Gasteiger partial charge in [-0.25, -0.2) is 4.79 Å². The molecule has 2 rings (SSSR count). The van der Waals surface area contributed by atoms with Gasteiger partial charge in [0.05, 0.1) is 6.04 Å². The molecule has 0 aliphatic rings. The predicted molar refractivity (Wildman–Crippen MR) is 132 cm³/mol. The highest BCUT2D eigenvalue weighted by molar-refractivity contribution is 8.13. The summed E-state index contributed by atoms with van der Waals surface area (Å²) in [4.78, 5) is 38.0. The minimum atomic E-state index is -0.870. The SMILES string of the molecule is CNCCCC[C@H](NC(=O)[C@H](Cc1ccccc1)NC(=O)OCc1ccccc1)C(=O)SC. The summed E-state index contributed by atoms with van der Waals surface area (Å²) in [7, 11) is 1.88. The summed E-state index contributed by atoms with van der Waals surface area (Å²) in [6.07, 6.45) is 3.55. The molecule has 0 saturated carbocycles. The molecule has 0 saturated heterocycles. The first-order valence-electron chi connectivity index (χ1n) is 11.1. The van der Waals surface area contributed by atoms with E-state index in [-0.39, 0.29) is 18.1 Å². The number of ether oxygens (including phenoxy) is 1. The highest BCUT2D eigenvalue weighted by Crippen LogP contribution is 2.11. The second-order valence-corrected chi connectivity index (χ2v) is 8.44. The molecule has 7 nitrogen and oxygen atoms in total. The number of nitrogens with one attached hydrogen (secondary N) is 3. The molecule has 33 heavy (non-hydrogen) atoms. The number of carbonyl (C=O) groups excluding carboxylic acids is 3. The molecule has 0 fully saturated rings. The van der Waals surface area contributed by atoms with E-state index in [9.17, 15) is 14.4 Å². The number of rotatable bonds is 13. The standard InChI is InChI=1S/C25H33N3O4S/c1-26-16-10-9-15-21(24(30)33-2)27-23(29)22(17-19-11-5-3-6-12-19)28-25(31)32-18-20-13-7-4-8-14-20/h3-8,11-14,21-22,26H,9-10,15-18H2,1-2H3,(H,27,29)(H,28,31)/t21-,22-/m0/s1. The Morgan fingerprint density at radius 1 is 0.879 bits per heavy atom. The van der Waals surface area contributed by atoms with Crippen LogP contribution in [0.2, 0.25) is 0 Å². The van der Waals surface area contributed by atoms with Crippen molar-refractivity contribution in [3.63, 3.8) is 0 Å². The van der Waals surface area contributed by atoms with Crippen LogP contribution in [0.3, 0.4) is 0 Å². The van der Waals surface area contributed by atoms with Crippen LogP contribution in [0.25, 0.3) is 0 Å². The largest absolute Gasteiger partial charge is 0.445 e. The van der Waals surface area contributed by atoms with Crippen LogP contribution in [0, 0.1) is 0 Å². The fourth-order valence-corrected chi connectivity index (χ4v) is 3.74. The van der Waals surface area contributed by atoms with Crippen LogP contribution in [0.1, 0.15) is 30.4 Å². The van der Waals surface area contributed by atoms with Gasteiger partial charge in [-0.2, -0.15) is 0 Å². The molecule has 0 unspecified atom stereocenters. The highest BCUT2D eigenvalue weighted by atomic mass is 32.2. The second-order valence-electron chi connectivity index (χ2n) is 7.63. The Morgan fingerprint density at radius 3 is 2.12 bits per heavy atom. The molecular formula is C25H33N3O4S. The second kappa shape index (κ2) is 15.1. The van der Waals surface area contributed by atoms with Crippen LogP contribution in [0.4, 0.5) is 4.79 Å². The number of hydrogen-bond donors (Lipinski definition) is 3. The zero-order valence-corrected chi connectivity index (χ0v) is 20.0. The number of alkyl carbamates (subject to hydrolysis) is 1. The third-order valence-electron chi connectivity index (χ3n) is 5.08. The van der Waals surface area contributed by atoms with E-state index in [2.05, 4.69) is 16.0 Å². The Hall–Kier alpha value is -2.84. The molecule has 0 spiro atoms. The number of hydrogen-bond acceptors (Lipinski definition) is 6. The predicted octanol–water partition coefficient (Wildman–Crippen LogP) is 3.29. The number of unbranched alkanes of at least 4 members (excludes halogenated alkanes) is 1. The van der Waals surface area contributed by atoms with Gasteiger partial charge in [0, 0.05) is 6.42 Å². The Balaban J connectivity index is 2.04. The van der Waals surface area contributed by atoms with Gasteiger partial charge in [0.15, 0.2) is 0 Å². The quantitative estimate of drug-likeness (QED) is 0.388. The van der Waals surface area contributed by atoms with Gasteiger partial charge >= 0.3 is 6.09 Å². The number of thioether (sulfide) groups is 1. The zero-order valence-electron chi connectivity index (χ0n) is 19.2. The average Bonchev–Trinajstić information content (AvgIpc) is 2.85. The topological polar surface area (TPSA) is 96.5 Å². The number of carbonyl (C=O) groups is 3. The molecule has 3 N–H and O–H groups in total. The lowest BCUT2D eigenvalue weighted by Gasteiger charge is -2.22. The Labute approximate surface area is 200 Å². The molecule has 2 aromatic rings. The third kappa shape index (κ3) is 10.1. The summed E-state index contributed by atoms with van der Waals surface area (Å²) < 4.78 is 5.30. The summed E-state index contributed by atoms with van der Waals surface area (Å²) in [6, 6.07) is 17.3. The molecule has 0 radical (unpaired) electrons. The molecule has 178 valence electrons. The van der Waals surface area contributed by atoms with Crippen LogP contribution in [-0.4, -0.2) is 49.0 Å². The van der Waals surface area contributed by atoms with Gasteiger partial charge in [-0.3, -0.25) is 9.59 Å². The molecule has 0 aliphatic carbocycles. The molecule has 0 bridgehead atoms. The normalized spacial score (nSPS) is 12.4. The maximum absolute atomic E-state index is 13.1. The maximum atomic E-state index is 13.1. The average molecular weight is 472 g/mol. The van der Waals surface area contributed by atoms with E-state index in [1.165, 1.54) is 0 Å². The number of amides is 2. The summed E-state index contributed by atoms with van der Waals surface area (Å²) >= 11 is 1.09. The third-order valence-corrected chi connectivity index (χ3v) is 5.76. The van der Waals surface area contributed by atoms with Crippen LogP contribution in [0.5, 0.6) is 0 Å². The van der Waals surface area contributed by atoms with E-state index in [4.69, 9.17) is 4.74 Å². The lowest BCUT2D eigenvalue weighted by atomic mass is 10.0. The van der Waals surface area contributed by atoms with Gasteiger partial charge in [-0.15, -0.1) is 0 Å².